The van der Waals surface area contributed by atoms with Crippen molar-refractivity contribution in [2.24, 2.45) is 0 Å². The van der Waals surface area contributed by atoms with Crippen LogP contribution in [0.4, 0.5) is 10.6 Å². The SMILES string of the molecule is CC(C)(C)OC(=O)Nc1cn2ccsc2n1. The van der Waals surface area contributed by atoms with E-state index < -0.39 is 11.7 Å². The second kappa shape index (κ2) is 3.79. The molecule has 5 nitrogen and oxygen atoms in total. The van der Waals surface area contributed by atoms with Crippen molar-refractivity contribution in [2.75, 3.05) is 5.32 Å². The molecular formula is C10H13N3O2S. The van der Waals surface area contributed by atoms with Crippen LogP contribution in [0.2, 0.25) is 0 Å². The van der Waals surface area contributed by atoms with Crippen molar-refractivity contribution in [2.45, 2.75) is 26.4 Å². The van der Waals surface area contributed by atoms with Gasteiger partial charge in [0.25, 0.3) is 0 Å². The van der Waals surface area contributed by atoms with Gasteiger partial charge >= 0.3 is 6.09 Å². The lowest BCUT2D eigenvalue weighted by atomic mass is 10.2. The van der Waals surface area contributed by atoms with E-state index in [4.69, 9.17) is 4.74 Å². The summed E-state index contributed by atoms with van der Waals surface area (Å²) in [7, 11) is 0. The first-order chi connectivity index (χ1) is 7.44. The molecule has 0 unspecified atom stereocenters. The first-order valence-electron chi connectivity index (χ1n) is 4.86. The lowest BCUT2D eigenvalue weighted by Crippen LogP contribution is -2.27. The van der Waals surface area contributed by atoms with Crippen LogP contribution in [0.15, 0.2) is 17.8 Å². The zero-order chi connectivity index (χ0) is 11.8. The number of anilines is 1. The van der Waals surface area contributed by atoms with Gasteiger partial charge in [-0.1, -0.05) is 0 Å². The second-order valence-electron chi connectivity index (χ2n) is 4.35. The van der Waals surface area contributed by atoms with Gasteiger partial charge in [0.15, 0.2) is 10.8 Å². The Kier molecular flexibility index (Phi) is 2.59. The number of rotatable bonds is 1. The zero-order valence-electron chi connectivity index (χ0n) is 9.35. The molecular weight excluding hydrogens is 226 g/mol. The van der Waals surface area contributed by atoms with Gasteiger partial charge in [0.2, 0.25) is 0 Å². The third-order valence-electron chi connectivity index (χ3n) is 1.72. The largest absolute Gasteiger partial charge is 0.444 e. The fourth-order valence-electron chi connectivity index (χ4n) is 1.20. The standard InChI is InChI=1S/C10H13N3O2S/c1-10(2,3)15-9(14)12-7-6-13-4-5-16-8(13)11-7/h4-6H,1-3H3,(H,12,14). The van der Waals surface area contributed by atoms with Crippen molar-refractivity contribution in [1.29, 1.82) is 0 Å². The minimum atomic E-state index is -0.499. The fourth-order valence-corrected chi connectivity index (χ4v) is 1.90. The Labute approximate surface area is 97.1 Å². The maximum absolute atomic E-state index is 11.4. The number of fused-ring (bicyclic) bond motifs is 1. The number of hydrogen-bond donors (Lipinski definition) is 1. The van der Waals surface area contributed by atoms with Crippen molar-refractivity contribution >= 4 is 28.2 Å². The lowest BCUT2D eigenvalue weighted by Gasteiger charge is -2.18. The van der Waals surface area contributed by atoms with E-state index in [-0.39, 0.29) is 0 Å². The van der Waals surface area contributed by atoms with Crippen LogP contribution in [0, 0.1) is 0 Å². The van der Waals surface area contributed by atoms with Gasteiger partial charge in [0.1, 0.15) is 5.60 Å². The fraction of sp³-hybridized carbons (Fsp3) is 0.400. The molecule has 0 aliphatic carbocycles. The number of aromatic nitrogens is 2. The normalized spacial score (nSPS) is 11.7. The maximum atomic E-state index is 11.4. The average Bonchev–Trinajstić information content (AvgIpc) is 2.58. The Morgan fingerprint density at radius 2 is 2.31 bits per heavy atom. The summed E-state index contributed by atoms with van der Waals surface area (Å²) >= 11 is 1.51. The van der Waals surface area contributed by atoms with E-state index in [0.717, 1.165) is 4.96 Å². The van der Waals surface area contributed by atoms with Gasteiger partial charge in [0, 0.05) is 11.6 Å². The molecule has 2 aromatic heterocycles. The Balaban J connectivity index is 2.05. The first kappa shape index (κ1) is 10.9. The Morgan fingerprint density at radius 3 is 2.94 bits per heavy atom. The molecule has 1 amide bonds. The number of amides is 1. The molecule has 0 fully saturated rings. The molecule has 0 aromatic carbocycles. The summed E-state index contributed by atoms with van der Waals surface area (Å²) in [5, 5.41) is 4.52. The average molecular weight is 239 g/mol. The number of imidazole rings is 1. The summed E-state index contributed by atoms with van der Waals surface area (Å²) in [6.45, 7) is 5.45. The van der Waals surface area contributed by atoms with Crippen LogP contribution in [0.5, 0.6) is 0 Å². The molecule has 16 heavy (non-hydrogen) atoms. The van der Waals surface area contributed by atoms with Gasteiger partial charge in [-0.15, -0.1) is 11.3 Å². The van der Waals surface area contributed by atoms with Gasteiger partial charge in [-0.2, -0.15) is 0 Å². The predicted octanol–water partition coefficient (Wildman–Crippen LogP) is 2.74. The van der Waals surface area contributed by atoms with E-state index in [1.54, 1.807) is 6.20 Å². The Morgan fingerprint density at radius 1 is 1.56 bits per heavy atom. The Hall–Kier alpha value is -1.56. The minimum absolute atomic E-state index is 0.488. The third-order valence-corrected chi connectivity index (χ3v) is 2.49. The van der Waals surface area contributed by atoms with Crippen LogP contribution in [0.25, 0.3) is 4.96 Å². The van der Waals surface area contributed by atoms with Crippen LogP contribution < -0.4 is 5.32 Å². The Bertz CT molecular complexity index is 481. The third kappa shape index (κ3) is 2.52. The summed E-state index contributed by atoms with van der Waals surface area (Å²) in [5.41, 5.74) is -0.499. The topological polar surface area (TPSA) is 55.6 Å². The van der Waals surface area contributed by atoms with Crippen LogP contribution in [-0.4, -0.2) is 21.1 Å². The molecule has 0 radical (unpaired) electrons. The minimum Gasteiger partial charge on any atom is -0.444 e. The van der Waals surface area contributed by atoms with Crippen molar-refractivity contribution in [3.05, 3.63) is 17.8 Å². The number of nitrogens with one attached hydrogen (secondary N) is 1. The molecule has 0 aliphatic heterocycles. The summed E-state index contributed by atoms with van der Waals surface area (Å²) < 4.78 is 6.96. The molecule has 0 saturated carbocycles. The van der Waals surface area contributed by atoms with Crippen LogP contribution in [-0.2, 0) is 4.74 Å². The van der Waals surface area contributed by atoms with E-state index in [1.807, 2.05) is 36.7 Å². The number of nitrogens with zero attached hydrogens (tertiary/aromatic N) is 2. The molecule has 2 rings (SSSR count). The van der Waals surface area contributed by atoms with E-state index in [2.05, 4.69) is 10.3 Å². The highest BCUT2D eigenvalue weighted by molar-refractivity contribution is 7.15. The van der Waals surface area contributed by atoms with Gasteiger partial charge in [-0.3, -0.25) is 9.72 Å². The van der Waals surface area contributed by atoms with E-state index >= 15 is 0 Å². The highest BCUT2D eigenvalue weighted by atomic mass is 32.1. The number of hydrogen-bond acceptors (Lipinski definition) is 4. The molecule has 2 aromatic rings. The van der Waals surface area contributed by atoms with Gasteiger partial charge in [-0.05, 0) is 20.8 Å². The molecule has 0 atom stereocenters. The number of ether oxygens (including phenoxy) is 1. The molecule has 0 spiro atoms. The number of carbonyl (C=O) groups excluding carboxylic acids is 1. The van der Waals surface area contributed by atoms with Gasteiger partial charge in [0.05, 0.1) is 6.20 Å². The predicted molar refractivity (Wildman–Crippen MR) is 62.9 cm³/mol. The van der Waals surface area contributed by atoms with Crippen LogP contribution in [0.1, 0.15) is 20.8 Å². The van der Waals surface area contributed by atoms with Crippen molar-refractivity contribution in [1.82, 2.24) is 9.38 Å². The molecule has 2 heterocycles. The number of carbonyl (C=O) groups is 1. The highest BCUT2D eigenvalue weighted by Gasteiger charge is 2.17. The molecule has 6 heteroatoms. The summed E-state index contributed by atoms with van der Waals surface area (Å²) in [4.78, 5) is 16.5. The van der Waals surface area contributed by atoms with E-state index in [0.29, 0.717) is 5.82 Å². The molecule has 0 aliphatic rings. The molecule has 1 N–H and O–H groups in total. The van der Waals surface area contributed by atoms with Crippen LogP contribution >= 0.6 is 11.3 Å². The van der Waals surface area contributed by atoms with Gasteiger partial charge in [-0.25, -0.2) is 9.78 Å². The van der Waals surface area contributed by atoms with E-state index in [1.165, 1.54) is 11.3 Å². The van der Waals surface area contributed by atoms with E-state index in [9.17, 15) is 4.79 Å². The van der Waals surface area contributed by atoms with Crippen molar-refractivity contribution in [3.8, 4) is 0 Å². The van der Waals surface area contributed by atoms with Crippen LogP contribution in [0.3, 0.4) is 0 Å². The lowest BCUT2D eigenvalue weighted by molar-refractivity contribution is 0.0635. The maximum Gasteiger partial charge on any atom is 0.413 e. The van der Waals surface area contributed by atoms with Crippen molar-refractivity contribution < 1.29 is 9.53 Å². The first-order valence-corrected chi connectivity index (χ1v) is 5.74. The summed E-state index contributed by atoms with van der Waals surface area (Å²) in [5.74, 6) is 0.501. The zero-order valence-corrected chi connectivity index (χ0v) is 10.2. The highest BCUT2D eigenvalue weighted by Crippen LogP contribution is 2.15. The summed E-state index contributed by atoms with van der Waals surface area (Å²) in [6.07, 6.45) is 3.14. The molecule has 0 bridgehead atoms. The summed E-state index contributed by atoms with van der Waals surface area (Å²) in [6, 6.07) is 0. The molecule has 0 saturated heterocycles. The number of thiazole rings is 1. The van der Waals surface area contributed by atoms with Gasteiger partial charge < -0.3 is 4.74 Å². The quantitative estimate of drug-likeness (QED) is 0.832. The molecule has 86 valence electrons. The smallest absolute Gasteiger partial charge is 0.413 e. The van der Waals surface area contributed by atoms with Crippen molar-refractivity contribution in [3.63, 3.8) is 0 Å². The second-order valence-corrected chi connectivity index (χ2v) is 5.22. The monoisotopic (exact) mass is 239 g/mol.